The van der Waals surface area contributed by atoms with E-state index in [-0.39, 0.29) is 10.8 Å². The van der Waals surface area contributed by atoms with E-state index in [2.05, 4.69) is 268 Å². The van der Waals surface area contributed by atoms with E-state index < -0.39 is 0 Å². The molecule has 0 aliphatic heterocycles. The maximum absolute atomic E-state index is 2.42. The molecule has 12 rings (SSSR count). The van der Waals surface area contributed by atoms with Gasteiger partial charge in [0.15, 0.2) is 0 Å². The van der Waals surface area contributed by atoms with Gasteiger partial charge in [0.05, 0.1) is 0 Å². The maximum atomic E-state index is 2.42. The highest BCUT2D eigenvalue weighted by molar-refractivity contribution is 6.01. The molecule has 2 aliphatic rings. The van der Waals surface area contributed by atoms with E-state index in [1.165, 1.54) is 77.2 Å². The molecule has 0 bridgehead atoms. The molecule has 0 fully saturated rings. The molecule has 10 aromatic rings. The van der Waals surface area contributed by atoms with Gasteiger partial charge in [0.1, 0.15) is 0 Å². The van der Waals surface area contributed by atoms with Gasteiger partial charge in [0.25, 0.3) is 0 Å². The van der Waals surface area contributed by atoms with Crippen LogP contribution >= 0.6 is 0 Å². The minimum atomic E-state index is -0.164. The zero-order valence-electron chi connectivity index (χ0n) is 37.8. The van der Waals surface area contributed by atoms with Crippen molar-refractivity contribution in [1.29, 1.82) is 0 Å². The topological polar surface area (TPSA) is 6.48 Å². The van der Waals surface area contributed by atoms with Crippen LogP contribution in [0.4, 0.5) is 34.1 Å². The van der Waals surface area contributed by atoms with Crippen LogP contribution in [0.5, 0.6) is 0 Å². The fourth-order valence-electron chi connectivity index (χ4n) is 11.2. The molecular weight excluding hydrogens is 797 g/mol. The molecule has 10 aromatic carbocycles. The number of fused-ring (bicyclic) bond motifs is 10. The van der Waals surface area contributed by atoms with Crippen LogP contribution in [-0.4, -0.2) is 0 Å². The van der Waals surface area contributed by atoms with Gasteiger partial charge in [-0.25, -0.2) is 0 Å². The molecular formula is C64H50N2. The van der Waals surface area contributed by atoms with E-state index in [1.807, 2.05) is 0 Å². The summed E-state index contributed by atoms with van der Waals surface area (Å²) in [7, 11) is 0. The Morgan fingerprint density at radius 1 is 0.303 bits per heavy atom. The van der Waals surface area contributed by atoms with Crippen LogP contribution in [0.1, 0.15) is 61.1 Å². The quantitative estimate of drug-likeness (QED) is 0.141. The van der Waals surface area contributed by atoms with Crippen LogP contribution in [-0.2, 0) is 10.8 Å². The molecule has 2 heteroatoms. The van der Waals surface area contributed by atoms with Crippen molar-refractivity contribution < 1.29 is 0 Å². The molecule has 0 unspecified atom stereocenters. The number of para-hydroxylation sites is 4. The van der Waals surface area contributed by atoms with E-state index in [9.17, 15) is 0 Å². The summed E-state index contributed by atoms with van der Waals surface area (Å²) < 4.78 is 0. The average molecular weight is 847 g/mol. The fraction of sp³-hybridized carbons (Fsp3) is 0.0938. The molecule has 2 aliphatic carbocycles. The highest BCUT2D eigenvalue weighted by Crippen LogP contribution is 2.54. The molecule has 2 nitrogen and oxygen atoms in total. The molecule has 316 valence electrons. The lowest BCUT2D eigenvalue weighted by molar-refractivity contribution is 0.666. The molecule has 0 saturated heterocycles. The van der Waals surface area contributed by atoms with Gasteiger partial charge < -0.3 is 9.80 Å². The smallest absolute Gasteiger partial charge is 0.0468 e. The third-order valence-corrected chi connectivity index (χ3v) is 14.3. The third kappa shape index (κ3) is 6.39. The second-order valence-electron chi connectivity index (χ2n) is 19.0. The first-order valence-corrected chi connectivity index (χ1v) is 23.2. The van der Waals surface area contributed by atoms with Gasteiger partial charge in [-0.1, -0.05) is 185 Å². The van der Waals surface area contributed by atoms with Gasteiger partial charge >= 0.3 is 0 Å². The molecule has 66 heavy (non-hydrogen) atoms. The monoisotopic (exact) mass is 846 g/mol. The largest absolute Gasteiger partial charge is 0.310 e. The van der Waals surface area contributed by atoms with Crippen LogP contribution in [0.3, 0.4) is 0 Å². The molecule has 0 amide bonds. The van der Waals surface area contributed by atoms with E-state index in [1.54, 1.807) is 0 Å². The Labute approximate surface area is 388 Å². The molecule has 0 atom stereocenters. The van der Waals surface area contributed by atoms with Crippen molar-refractivity contribution in [2.75, 3.05) is 9.80 Å². The Morgan fingerprint density at radius 3 is 0.985 bits per heavy atom. The first-order valence-electron chi connectivity index (χ1n) is 23.2. The minimum Gasteiger partial charge on any atom is -0.310 e. The Morgan fingerprint density at radius 2 is 0.636 bits per heavy atom. The highest BCUT2D eigenvalue weighted by atomic mass is 15.1. The number of rotatable bonds is 8. The molecule has 0 radical (unpaired) electrons. The second-order valence-corrected chi connectivity index (χ2v) is 19.0. The Balaban J connectivity index is 0.841. The number of hydrogen-bond acceptors (Lipinski definition) is 2. The minimum absolute atomic E-state index is 0.164. The van der Waals surface area contributed by atoms with Crippen molar-refractivity contribution in [1.82, 2.24) is 0 Å². The van der Waals surface area contributed by atoms with Crippen molar-refractivity contribution in [3.8, 4) is 22.3 Å². The zero-order valence-corrected chi connectivity index (χ0v) is 37.8. The van der Waals surface area contributed by atoms with Crippen LogP contribution in [0.2, 0.25) is 0 Å². The zero-order chi connectivity index (χ0) is 44.6. The first-order chi connectivity index (χ1) is 32.2. The van der Waals surface area contributed by atoms with Crippen LogP contribution < -0.4 is 9.80 Å². The summed E-state index contributed by atoms with van der Waals surface area (Å²) in [4.78, 5) is 4.69. The number of anilines is 6. The number of benzene rings is 10. The normalized spacial score (nSPS) is 13.9. The van der Waals surface area contributed by atoms with Crippen molar-refractivity contribution >= 4 is 67.8 Å². The van der Waals surface area contributed by atoms with E-state index in [0.29, 0.717) is 0 Å². The highest BCUT2D eigenvalue weighted by Gasteiger charge is 2.38. The van der Waals surface area contributed by atoms with Gasteiger partial charge in [0.2, 0.25) is 0 Å². The van der Waals surface area contributed by atoms with Gasteiger partial charge in [-0.15, -0.1) is 0 Å². The first kappa shape index (κ1) is 39.6. The van der Waals surface area contributed by atoms with Gasteiger partial charge in [-0.3, -0.25) is 0 Å². The Kier molecular flexibility index (Phi) is 9.22. The van der Waals surface area contributed by atoms with Gasteiger partial charge in [-0.05, 0) is 150 Å². The van der Waals surface area contributed by atoms with Gasteiger partial charge in [-0.2, -0.15) is 0 Å². The van der Waals surface area contributed by atoms with E-state index >= 15 is 0 Å². The predicted octanol–water partition coefficient (Wildman–Crippen LogP) is 17.7. The molecule has 0 heterocycles. The standard InChI is InChI=1S/C64H50N2/c1-63(2)59-39-43(27-33-55(59)57-35-29-45-41-51(31-37-53(45)61(57)63)65(47-17-9-5-10-18-47)48-19-11-6-12-20-48)25-26-44-28-34-56-58-36-30-46-42-52(32-38-54(46)62(58)64(3,4)60(56)40-44)66(49-21-13-7-14-22-49)50-23-15-8-16-24-50/h5-42H,1-4H3. The predicted molar refractivity (Wildman–Crippen MR) is 281 cm³/mol. The number of hydrogen-bond donors (Lipinski definition) is 0. The lowest BCUT2D eigenvalue weighted by Crippen LogP contribution is -2.16. The lowest BCUT2D eigenvalue weighted by atomic mass is 9.79. The molecule has 0 spiro atoms. The summed E-state index contributed by atoms with van der Waals surface area (Å²) in [5.74, 6) is 0. The summed E-state index contributed by atoms with van der Waals surface area (Å²) in [5.41, 5.74) is 19.9. The van der Waals surface area contributed by atoms with E-state index in [0.717, 1.165) is 34.1 Å². The summed E-state index contributed by atoms with van der Waals surface area (Å²) in [5, 5.41) is 5.13. The SMILES string of the molecule is CC1(C)c2cc(C=Cc3ccc4c(c3)C(C)(C)c3c-4ccc4cc(N(c5ccccc5)c5ccccc5)ccc34)ccc2-c2ccc3cc(N(c4ccccc4)c4ccccc4)ccc3c21. The van der Waals surface area contributed by atoms with Crippen LogP contribution in [0.25, 0.3) is 56.0 Å². The van der Waals surface area contributed by atoms with Crippen molar-refractivity contribution in [3.63, 3.8) is 0 Å². The average Bonchev–Trinajstić information content (AvgIpc) is 3.73. The van der Waals surface area contributed by atoms with Crippen molar-refractivity contribution in [2.45, 2.75) is 38.5 Å². The Hall–Kier alpha value is -7.94. The maximum Gasteiger partial charge on any atom is 0.0468 e. The van der Waals surface area contributed by atoms with Crippen molar-refractivity contribution in [3.05, 3.63) is 252 Å². The summed E-state index contributed by atoms with van der Waals surface area (Å²) in [6.45, 7) is 9.58. The summed E-state index contributed by atoms with van der Waals surface area (Å²) in [6.07, 6.45) is 4.59. The molecule has 0 aromatic heterocycles. The molecule has 0 saturated carbocycles. The van der Waals surface area contributed by atoms with Crippen LogP contribution in [0, 0.1) is 0 Å². The van der Waals surface area contributed by atoms with Crippen LogP contribution in [0.15, 0.2) is 218 Å². The Bertz CT molecular complexity index is 3200. The lowest BCUT2D eigenvalue weighted by Gasteiger charge is -2.27. The van der Waals surface area contributed by atoms with Crippen molar-refractivity contribution in [2.24, 2.45) is 0 Å². The number of nitrogens with zero attached hydrogens (tertiary/aromatic N) is 2. The fourth-order valence-corrected chi connectivity index (χ4v) is 11.2. The van der Waals surface area contributed by atoms with Gasteiger partial charge in [0, 0.05) is 45.0 Å². The molecule has 0 N–H and O–H groups in total. The third-order valence-electron chi connectivity index (χ3n) is 14.3. The van der Waals surface area contributed by atoms with E-state index in [4.69, 9.17) is 0 Å². The second kappa shape index (κ2) is 15.4. The summed E-state index contributed by atoms with van der Waals surface area (Å²) >= 11 is 0. The summed E-state index contributed by atoms with van der Waals surface area (Å²) in [6, 6.07) is 80.0.